The molecule has 2 aromatic carbocycles. The lowest BCUT2D eigenvalue weighted by molar-refractivity contribution is -0.142. The van der Waals surface area contributed by atoms with Gasteiger partial charge in [-0.25, -0.2) is 4.98 Å². The van der Waals surface area contributed by atoms with Gasteiger partial charge in [-0.2, -0.15) is 0 Å². The summed E-state index contributed by atoms with van der Waals surface area (Å²) in [5.41, 5.74) is 1.28. The number of hydrogen-bond acceptors (Lipinski definition) is 10. The Labute approximate surface area is 333 Å². The molecule has 5 atom stereocenters. The van der Waals surface area contributed by atoms with Crippen LogP contribution in [0.5, 0.6) is 0 Å². The summed E-state index contributed by atoms with van der Waals surface area (Å²) in [6, 6.07) is 14.9. The van der Waals surface area contributed by atoms with Crippen LogP contribution in [0.25, 0.3) is 0 Å². The van der Waals surface area contributed by atoms with E-state index in [-0.39, 0.29) is 56.5 Å². The molecule has 1 aliphatic rings. The van der Waals surface area contributed by atoms with E-state index in [4.69, 9.17) is 9.47 Å². The minimum absolute atomic E-state index is 0.00193. The molecule has 1 aromatic heterocycles. The highest BCUT2D eigenvalue weighted by Crippen LogP contribution is 2.29. The Bertz CT molecular complexity index is 1790. The highest BCUT2D eigenvalue weighted by molar-refractivity contribution is 7.09. The Hall–Kier alpha value is -4.95. The Morgan fingerprint density at radius 1 is 0.768 bits per heavy atom. The van der Waals surface area contributed by atoms with Crippen molar-refractivity contribution < 1.29 is 38.2 Å². The van der Waals surface area contributed by atoms with Gasteiger partial charge in [0.05, 0.1) is 24.8 Å². The Kier molecular flexibility index (Phi) is 16.3. The first kappa shape index (κ1) is 43.8. The number of thiazole rings is 1. The van der Waals surface area contributed by atoms with Gasteiger partial charge in [-0.15, -0.1) is 11.3 Å². The molecule has 2 heterocycles. The lowest BCUT2D eigenvalue weighted by atomic mass is 9.93. The van der Waals surface area contributed by atoms with Crippen LogP contribution in [0.2, 0.25) is 0 Å². The molecule has 4 N–H and O–H groups in total. The van der Waals surface area contributed by atoms with Crippen LogP contribution >= 0.6 is 11.3 Å². The van der Waals surface area contributed by atoms with E-state index in [1.54, 1.807) is 12.3 Å². The molecule has 3 aromatic rings. The van der Waals surface area contributed by atoms with Crippen LogP contribution in [-0.2, 0) is 64.1 Å². The van der Waals surface area contributed by atoms with E-state index in [0.29, 0.717) is 23.5 Å². The van der Waals surface area contributed by atoms with Gasteiger partial charge in [-0.3, -0.25) is 28.8 Å². The van der Waals surface area contributed by atoms with Gasteiger partial charge in [0.2, 0.25) is 23.6 Å². The second-order valence-electron chi connectivity index (χ2n) is 15.4. The Morgan fingerprint density at radius 2 is 1.30 bits per heavy atom. The number of rotatable bonds is 22. The maximum Gasteiger partial charge on any atom is 0.303 e. The van der Waals surface area contributed by atoms with Gasteiger partial charge in [-0.05, 0) is 55.6 Å². The number of epoxide rings is 1. The van der Waals surface area contributed by atoms with Crippen molar-refractivity contribution in [3.63, 3.8) is 0 Å². The van der Waals surface area contributed by atoms with Crippen LogP contribution < -0.4 is 21.3 Å². The summed E-state index contributed by atoms with van der Waals surface area (Å²) in [5.74, 6) is -2.66. The van der Waals surface area contributed by atoms with Gasteiger partial charge in [-0.1, -0.05) is 88.4 Å². The molecule has 4 amide bonds. The number of ketones is 1. The number of hydrogen-bond donors (Lipinski definition) is 4. The first-order chi connectivity index (χ1) is 26.6. The Morgan fingerprint density at radius 3 is 1.89 bits per heavy atom. The average molecular weight is 790 g/mol. The molecule has 14 heteroatoms. The number of benzene rings is 2. The number of amides is 4. The topological polar surface area (TPSA) is 185 Å². The second kappa shape index (κ2) is 20.8. The minimum atomic E-state index is -1.07. The first-order valence-corrected chi connectivity index (χ1v) is 20.0. The van der Waals surface area contributed by atoms with Crippen molar-refractivity contribution in [1.82, 2.24) is 26.3 Å². The maximum atomic E-state index is 14.1. The summed E-state index contributed by atoms with van der Waals surface area (Å²) in [5, 5.41) is 13.7. The molecule has 302 valence electrons. The molecule has 4 rings (SSSR count). The molecule has 56 heavy (non-hydrogen) atoms. The monoisotopic (exact) mass is 789 g/mol. The maximum absolute atomic E-state index is 14.1. The van der Waals surface area contributed by atoms with Crippen molar-refractivity contribution in [3.8, 4) is 0 Å². The van der Waals surface area contributed by atoms with E-state index in [2.05, 4.69) is 26.3 Å². The van der Waals surface area contributed by atoms with Crippen LogP contribution in [0.4, 0.5) is 0 Å². The molecule has 1 saturated heterocycles. The fourth-order valence-electron chi connectivity index (χ4n) is 6.20. The van der Waals surface area contributed by atoms with Crippen LogP contribution in [0, 0.1) is 11.8 Å². The number of carbonyl (C=O) groups excluding carboxylic acids is 6. The molecule has 0 bridgehead atoms. The highest BCUT2D eigenvalue weighted by atomic mass is 32.1. The van der Waals surface area contributed by atoms with Crippen LogP contribution in [0.3, 0.4) is 0 Å². The third kappa shape index (κ3) is 14.3. The van der Waals surface area contributed by atoms with Crippen molar-refractivity contribution in [2.24, 2.45) is 11.8 Å². The normalized spacial score (nSPS) is 16.9. The van der Waals surface area contributed by atoms with Gasteiger partial charge in [0.25, 0.3) is 0 Å². The van der Waals surface area contributed by atoms with Crippen molar-refractivity contribution >= 4 is 46.7 Å². The van der Waals surface area contributed by atoms with Crippen molar-refractivity contribution in [1.29, 1.82) is 0 Å². The van der Waals surface area contributed by atoms with Crippen LogP contribution in [0.1, 0.15) is 82.6 Å². The van der Waals surface area contributed by atoms with E-state index < -0.39 is 59.4 Å². The summed E-state index contributed by atoms with van der Waals surface area (Å²) in [6.07, 6.45) is 1.41. The predicted octanol–water partition coefficient (Wildman–Crippen LogP) is 4.01. The van der Waals surface area contributed by atoms with E-state index in [1.807, 2.05) is 88.4 Å². The molecule has 1 fully saturated rings. The fourth-order valence-corrected chi connectivity index (χ4v) is 6.90. The molecule has 0 saturated carbocycles. The first-order valence-electron chi connectivity index (χ1n) is 19.1. The largest absolute Gasteiger partial charge is 0.458 e. The standard InChI is InChI=1S/C42H55N5O8S/c1-26(2)19-33(38(50)42(6)25-55-42)45-41(53)35(21-30-15-11-8-12-16-30)47-40(52)34(20-27(3)4)46-39(51)32(18-17-29-13-9-7-10-14-29)44-36(49)22-31-24-56-37(43-31)23-54-28(5)48/h7-16,24,26-27,32-35H,17-23,25H2,1-6H3,(H,44,49)(H,45,53)(H,46,51)(H,47,52). The molecular weight excluding hydrogens is 735 g/mol. The number of Topliss-reactive ketones (excluding diaryl/α,β-unsaturated/α-hetero) is 1. The number of ether oxygens (including phenoxy) is 2. The number of esters is 1. The quantitative estimate of drug-likeness (QED) is 0.0863. The van der Waals surface area contributed by atoms with E-state index in [0.717, 1.165) is 11.1 Å². The molecule has 0 aliphatic carbocycles. The Balaban J connectivity index is 1.52. The molecular formula is C42H55N5O8S. The average Bonchev–Trinajstić information content (AvgIpc) is 3.75. The van der Waals surface area contributed by atoms with Gasteiger partial charge in [0.1, 0.15) is 35.3 Å². The number of nitrogens with one attached hydrogen (secondary N) is 4. The summed E-state index contributed by atoms with van der Waals surface area (Å²) >= 11 is 1.26. The van der Waals surface area contributed by atoms with E-state index in [1.165, 1.54) is 18.3 Å². The summed E-state index contributed by atoms with van der Waals surface area (Å²) in [6.45, 7) is 11.1. The number of aromatic nitrogens is 1. The van der Waals surface area contributed by atoms with Gasteiger partial charge >= 0.3 is 5.97 Å². The third-order valence-electron chi connectivity index (χ3n) is 9.25. The van der Waals surface area contributed by atoms with Gasteiger partial charge in [0.15, 0.2) is 5.78 Å². The molecule has 5 unspecified atom stereocenters. The molecule has 0 radical (unpaired) electrons. The zero-order chi connectivity index (χ0) is 40.8. The van der Waals surface area contributed by atoms with Crippen molar-refractivity contribution in [2.75, 3.05) is 6.61 Å². The number of carbonyl (C=O) groups is 6. The van der Waals surface area contributed by atoms with Gasteiger partial charge in [0, 0.05) is 18.7 Å². The lowest BCUT2D eigenvalue weighted by Gasteiger charge is -2.28. The minimum Gasteiger partial charge on any atom is -0.458 e. The third-order valence-corrected chi connectivity index (χ3v) is 10.1. The molecule has 0 spiro atoms. The highest BCUT2D eigenvalue weighted by Gasteiger charge is 2.50. The molecule has 13 nitrogen and oxygen atoms in total. The number of nitrogens with zero attached hydrogens (tertiary/aromatic N) is 1. The number of aryl methyl sites for hydroxylation is 1. The van der Waals surface area contributed by atoms with Crippen LogP contribution in [-0.4, -0.2) is 76.7 Å². The fraction of sp³-hybridized carbons (Fsp3) is 0.500. The summed E-state index contributed by atoms with van der Waals surface area (Å²) < 4.78 is 10.4. The lowest BCUT2D eigenvalue weighted by Crippen LogP contribution is -2.59. The summed E-state index contributed by atoms with van der Waals surface area (Å²) in [7, 11) is 0. The predicted molar refractivity (Wildman–Crippen MR) is 212 cm³/mol. The SMILES string of the molecule is CC(=O)OCc1nc(CC(=O)NC(CCc2ccccc2)C(=O)NC(CC(C)C)C(=O)NC(Cc2ccccc2)C(=O)NC(CC(C)C)C(=O)C2(C)CO2)cs1. The second-order valence-corrected chi connectivity index (χ2v) is 16.3. The van der Waals surface area contributed by atoms with Crippen LogP contribution in [0.15, 0.2) is 66.0 Å². The van der Waals surface area contributed by atoms with Crippen molar-refractivity contribution in [2.45, 2.75) is 116 Å². The van der Waals surface area contributed by atoms with Gasteiger partial charge < -0.3 is 30.7 Å². The van der Waals surface area contributed by atoms with Crippen molar-refractivity contribution in [3.05, 3.63) is 87.9 Å². The zero-order valence-corrected chi connectivity index (χ0v) is 33.9. The zero-order valence-electron chi connectivity index (χ0n) is 33.1. The summed E-state index contributed by atoms with van der Waals surface area (Å²) in [4.78, 5) is 84.4. The van der Waals surface area contributed by atoms with E-state index in [9.17, 15) is 28.8 Å². The molecule has 1 aliphatic heterocycles. The smallest absolute Gasteiger partial charge is 0.303 e. The van der Waals surface area contributed by atoms with E-state index >= 15 is 0 Å².